The third-order valence-corrected chi connectivity index (χ3v) is 8.94. The van der Waals surface area contributed by atoms with E-state index in [0.717, 1.165) is 19.3 Å². The first kappa shape index (κ1) is 21.7. The van der Waals surface area contributed by atoms with E-state index in [2.05, 4.69) is 32.3 Å². The number of epoxide rings is 1. The number of nitriles is 1. The van der Waals surface area contributed by atoms with Gasteiger partial charge in [-0.2, -0.15) is 5.26 Å². The van der Waals surface area contributed by atoms with Crippen LogP contribution in [0.15, 0.2) is 12.7 Å². The van der Waals surface area contributed by atoms with Gasteiger partial charge in [-0.15, -0.1) is 6.58 Å². The number of nitrogens with zero attached hydrogens (tertiary/aromatic N) is 1. The molecule has 4 aliphatic rings. The molecule has 6 atom stereocenters. The van der Waals surface area contributed by atoms with Crippen molar-refractivity contribution in [1.29, 1.82) is 5.26 Å². The van der Waals surface area contributed by atoms with Crippen molar-refractivity contribution in [2.24, 2.45) is 16.7 Å². The lowest BCUT2D eigenvalue weighted by Gasteiger charge is -2.66. The van der Waals surface area contributed by atoms with Gasteiger partial charge in [-0.1, -0.05) is 18.9 Å². The molecular weight excluding hydrogens is 398 g/mol. The molecule has 164 valence electrons. The smallest absolute Gasteiger partial charge is 0.330 e. The van der Waals surface area contributed by atoms with E-state index < -0.39 is 42.2 Å². The Labute approximate surface area is 180 Å². The Bertz CT molecular complexity index is 830. The van der Waals surface area contributed by atoms with Gasteiger partial charge in [0, 0.05) is 17.8 Å². The third kappa shape index (κ3) is 2.41. The second-order valence-corrected chi connectivity index (χ2v) is 14.8. The maximum Gasteiger partial charge on any atom is 0.330 e. The van der Waals surface area contributed by atoms with Crippen molar-refractivity contribution in [3.63, 3.8) is 0 Å². The topological polar surface area (TPSA) is 88.9 Å². The number of rotatable bonds is 7. The minimum absolute atomic E-state index is 0.111. The second-order valence-electron chi connectivity index (χ2n) is 10.3. The number of ether oxygens (including phenoxy) is 2. The Morgan fingerprint density at radius 3 is 2.67 bits per heavy atom. The monoisotopic (exact) mass is 431 g/mol. The fourth-order valence-corrected chi connectivity index (χ4v) is 8.46. The third-order valence-electron chi connectivity index (χ3n) is 7.96. The predicted molar refractivity (Wildman–Crippen MR) is 113 cm³/mol. The van der Waals surface area contributed by atoms with Crippen LogP contribution < -0.4 is 0 Å². The first-order valence-electron chi connectivity index (χ1n) is 11.2. The summed E-state index contributed by atoms with van der Waals surface area (Å²) in [6.45, 7) is 12.3. The molecule has 1 saturated heterocycles. The van der Waals surface area contributed by atoms with Gasteiger partial charge < -0.3 is 13.9 Å². The first-order valence-corrected chi connectivity index (χ1v) is 14.6. The van der Waals surface area contributed by atoms with Crippen LogP contribution >= 0.6 is 0 Å². The standard InChI is InChI=1S/C23H33NO5Si/c1-6-20(29-30(3,4)5)14-16-17(25)11-13-21(16,20)22(15-24,19(26)27-7-2)23-12-9-8-10-18(23)28-23/h6,16,18H,1,7-14H2,2-5H3. The highest BCUT2D eigenvalue weighted by molar-refractivity contribution is 6.69. The zero-order valence-corrected chi connectivity index (χ0v) is 19.6. The Morgan fingerprint density at radius 1 is 1.40 bits per heavy atom. The van der Waals surface area contributed by atoms with Crippen LogP contribution in [0.1, 0.15) is 51.9 Å². The van der Waals surface area contributed by atoms with Crippen LogP contribution in [0.2, 0.25) is 19.6 Å². The molecule has 4 fully saturated rings. The van der Waals surface area contributed by atoms with Crippen molar-refractivity contribution in [1.82, 2.24) is 0 Å². The van der Waals surface area contributed by atoms with Crippen molar-refractivity contribution in [2.45, 2.75) is 88.8 Å². The molecule has 0 aromatic rings. The Hall–Kier alpha value is -1.49. The molecule has 0 bridgehead atoms. The molecule has 0 spiro atoms. The number of fused-ring (bicyclic) bond motifs is 2. The Morgan fingerprint density at radius 2 is 2.13 bits per heavy atom. The molecule has 0 N–H and O–H groups in total. The van der Waals surface area contributed by atoms with Crippen molar-refractivity contribution >= 4 is 20.1 Å². The average Bonchev–Trinajstić information content (AvgIpc) is 3.36. The fraction of sp³-hybridized carbons (Fsp3) is 0.783. The maximum atomic E-state index is 13.8. The molecular formula is C23H33NO5Si. The summed E-state index contributed by atoms with van der Waals surface area (Å²) >= 11 is 0. The van der Waals surface area contributed by atoms with Crippen LogP contribution in [0.3, 0.4) is 0 Å². The number of ketones is 1. The van der Waals surface area contributed by atoms with Gasteiger partial charge in [0.15, 0.2) is 13.7 Å². The van der Waals surface area contributed by atoms with Crippen molar-refractivity contribution in [3.8, 4) is 6.07 Å². The first-order chi connectivity index (χ1) is 14.1. The van der Waals surface area contributed by atoms with Crippen molar-refractivity contribution < 1.29 is 23.5 Å². The number of hydrogen-bond donors (Lipinski definition) is 0. The summed E-state index contributed by atoms with van der Waals surface area (Å²) in [5.74, 6) is -0.848. The highest BCUT2D eigenvalue weighted by atomic mass is 28.4. The predicted octanol–water partition coefficient (Wildman–Crippen LogP) is 3.92. The average molecular weight is 432 g/mol. The minimum atomic E-state index is -2.10. The normalized spacial score (nSPS) is 41.5. The molecule has 30 heavy (non-hydrogen) atoms. The molecule has 0 amide bonds. The lowest BCUT2D eigenvalue weighted by atomic mass is 9.38. The zero-order valence-electron chi connectivity index (χ0n) is 18.6. The van der Waals surface area contributed by atoms with E-state index in [-0.39, 0.29) is 18.5 Å². The summed E-state index contributed by atoms with van der Waals surface area (Å²) in [7, 11) is -2.10. The van der Waals surface area contributed by atoms with Crippen LogP contribution in [0, 0.1) is 28.1 Å². The summed E-state index contributed by atoms with van der Waals surface area (Å²) in [6.07, 6.45) is 6.24. The van der Waals surface area contributed by atoms with Crippen LogP contribution in [-0.2, 0) is 23.5 Å². The molecule has 4 rings (SSSR count). The molecule has 7 heteroatoms. The number of Topliss-reactive ketones (excluding diaryl/α,β-unsaturated/α-hetero) is 1. The Kier molecular flexibility index (Phi) is 4.89. The lowest BCUT2D eigenvalue weighted by molar-refractivity contribution is -0.231. The molecule has 6 nitrogen and oxygen atoms in total. The molecule has 0 aromatic heterocycles. The molecule has 3 saturated carbocycles. The van der Waals surface area contributed by atoms with Gasteiger partial charge in [-0.05, 0) is 52.2 Å². The van der Waals surface area contributed by atoms with E-state index >= 15 is 0 Å². The highest BCUT2D eigenvalue weighted by Crippen LogP contribution is 2.78. The van der Waals surface area contributed by atoms with Gasteiger partial charge >= 0.3 is 5.97 Å². The van der Waals surface area contributed by atoms with E-state index in [0.29, 0.717) is 25.7 Å². The van der Waals surface area contributed by atoms with Crippen molar-refractivity contribution in [3.05, 3.63) is 12.7 Å². The fourth-order valence-electron chi connectivity index (χ4n) is 7.02. The quantitative estimate of drug-likeness (QED) is 0.263. The minimum Gasteiger partial charge on any atom is -0.465 e. The number of carbonyl (C=O) groups excluding carboxylic acids is 2. The van der Waals surface area contributed by atoms with E-state index in [1.54, 1.807) is 13.0 Å². The van der Waals surface area contributed by atoms with E-state index in [1.807, 2.05) is 0 Å². The zero-order chi connectivity index (χ0) is 22.0. The summed E-state index contributed by atoms with van der Waals surface area (Å²) < 4.78 is 18.5. The Balaban J connectivity index is 1.96. The van der Waals surface area contributed by atoms with E-state index in [9.17, 15) is 14.9 Å². The second kappa shape index (κ2) is 6.75. The number of esters is 1. The van der Waals surface area contributed by atoms with Gasteiger partial charge in [-0.25, -0.2) is 0 Å². The molecule has 0 radical (unpaired) electrons. The van der Waals surface area contributed by atoms with Crippen molar-refractivity contribution in [2.75, 3.05) is 6.61 Å². The number of carbonyl (C=O) groups is 2. The SMILES string of the molecule is C=CC1(O[Si](C)(C)C)CC2C(=O)CCC21C(C#N)(C(=O)OCC)C12CCCCC1O2. The summed E-state index contributed by atoms with van der Waals surface area (Å²) in [4.78, 5) is 26.7. The van der Waals surface area contributed by atoms with Gasteiger partial charge in [0.05, 0.1) is 24.4 Å². The lowest BCUT2D eigenvalue weighted by Crippen LogP contribution is -2.76. The molecule has 6 unspecified atom stereocenters. The largest absolute Gasteiger partial charge is 0.465 e. The van der Waals surface area contributed by atoms with Gasteiger partial charge in [0.1, 0.15) is 11.4 Å². The number of hydrogen-bond acceptors (Lipinski definition) is 6. The van der Waals surface area contributed by atoms with Crippen LogP contribution in [-0.4, -0.2) is 44.0 Å². The summed E-state index contributed by atoms with van der Waals surface area (Å²) in [5, 5.41) is 10.8. The van der Waals surface area contributed by atoms with Crippen LogP contribution in [0.25, 0.3) is 0 Å². The highest BCUT2D eigenvalue weighted by Gasteiger charge is 2.89. The van der Waals surface area contributed by atoms with E-state index in [1.165, 1.54) is 0 Å². The summed E-state index contributed by atoms with van der Waals surface area (Å²) in [6, 6.07) is 2.45. The van der Waals surface area contributed by atoms with Gasteiger partial charge in [0.2, 0.25) is 0 Å². The molecule has 1 heterocycles. The van der Waals surface area contributed by atoms with E-state index in [4.69, 9.17) is 13.9 Å². The molecule has 3 aliphatic carbocycles. The summed E-state index contributed by atoms with van der Waals surface area (Å²) in [5.41, 5.74) is -4.37. The van der Waals surface area contributed by atoms with Crippen LogP contribution in [0.5, 0.6) is 0 Å². The molecule has 0 aromatic carbocycles. The van der Waals surface area contributed by atoms with Crippen LogP contribution in [0.4, 0.5) is 0 Å². The van der Waals surface area contributed by atoms with Gasteiger partial charge in [-0.3, -0.25) is 9.59 Å². The maximum absolute atomic E-state index is 13.8. The molecule has 1 aliphatic heterocycles. The van der Waals surface area contributed by atoms with Gasteiger partial charge in [0.25, 0.3) is 0 Å².